The molecule has 1 aliphatic carbocycles. The molecule has 9 heteroatoms. The van der Waals surface area contributed by atoms with Crippen molar-refractivity contribution >= 4 is 28.6 Å². The van der Waals surface area contributed by atoms with E-state index in [-0.39, 0.29) is 24.1 Å². The Hall–Kier alpha value is -4.40. The van der Waals surface area contributed by atoms with Gasteiger partial charge in [-0.05, 0) is 102 Å². The Labute approximate surface area is 264 Å². The van der Waals surface area contributed by atoms with Crippen molar-refractivity contribution in [2.75, 3.05) is 18.0 Å². The number of aryl methyl sites for hydroxylation is 3. The van der Waals surface area contributed by atoms with Gasteiger partial charge in [-0.2, -0.15) is 0 Å². The minimum Gasteiger partial charge on any atom is -0.449 e. The average Bonchev–Trinajstić information content (AvgIpc) is 3.53. The number of piperazine rings is 1. The number of rotatable bonds is 5. The van der Waals surface area contributed by atoms with E-state index in [1.807, 2.05) is 70.7 Å². The zero-order valence-corrected chi connectivity index (χ0v) is 26.9. The fraction of sp³-hybridized carbons (Fsp3) is 0.444. The molecule has 2 unspecified atom stereocenters. The second kappa shape index (κ2) is 10.6. The summed E-state index contributed by atoms with van der Waals surface area (Å²) in [6, 6.07) is 14.6. The molecule has 2 aromatic heterocycles. The van der Waals surface area contributed by atoms with Crippen LogP contribution in [-0.4, -0.2) is 57.6 Å². The summed E-state index contributed by atoms with van der Waals surface area (Å²) < 4.78 is 11.2. The fourth-order valence-electron chi connectivity index (χ4n) is 7.03. The van der Waals surface area contributed by atoms with E-state index in [1.54, 1.807) is 6.26 Å². The monoisotopic (exact) mass is 607 g/mol. The number of nitrogens with one attached hydrogen (secondary N) is 1. The van der Waals surface area contributed by atoms with Gasteiger partial charge in [0.15, 0.2) is 5.89 Å². The lowest BCUT2D eigenvalue weighted by Crippen LogP contribution is -2.56. The highest BCUT2D eigenvalue weighted by Crippen LogP contribution is 2.49. The minimum absolute atomic E-state index is 0.0851. The largest absolute Gasteiger partial charge is 0.449 e. The minimum atomic E-state index is -0.524. The van der Waals surface area contributed by atoms with Crippen LogP contribution in [0.4, 0.5) is 10.5 Å². The lowest BCUT2D eigenvalue weighted by molar-refractivity contribution is 0.0123. The molecule has 4 aromatic rings. The highest BCUT2D eigenvalue weighted by molar-refractivity contribution is 5.98. The molecule has 4 heterocycles. The normalized spacial score (nSPS) is 20.4. The van der Waals surface area contributed by atoms with E-state index in [0.717, 1.165) is 83.4 Å². The molecule has 3 fully saturated rings. The number of amides is 2. The van der Waals surface area contributed by atoms with Crippen molar-refractivity contribution in [3.05, 3.63) is 77.0 Å². The summed E-state index contributed by atoms with van der Waals surface area (Å²) in [5.74, 6) is 0.519. The van der Waals surface area contributed by atoms with Crippen molar-refractivity contribution in [1.82, 2.24) is 20.2 Å². The first-order chi connectivity index (χ1) is 21.4. The summed E-state index contributed by atoms with van der Waals surface area (Å²) in [5.41, 5.74) is 6.14. The Kier molecular flexibility index (Phi) is 6.91. The van der Waals surface area contributed by atoms with Gasteiger partial charge in [-0.25, -0.2) is 9.78 Å². The van der Waals surface area contributed by atoms with Gasteiger partial charge >= 0.3 is 6.09 Å². The van der Waals surface area contributed by atoms with Gasteiger partial charge in [-0.1, -0.05) is 12.1 Å². The molecule has 2 amide bonds. The molecule has 2 atom stereocenters. The summed E-state index contributed by atoms with van der Waals surface area (Å²) >= 11 is 0. The third-order valence-corrected chi connectivity index (χ3v) is 9.40. The Morgan fingerprint density at radius 3 is 2.36 bits per heavy atom. The molecule has 3 aliphatic rings. The molecule has 2 bridgehead atoms. The van der Waals surface area contributed by atoms with E-state index in [1.165, 1.54) is 0 Å². The number of pyridine rings is 1. The highest BCUT2D eigenvalue weighted by Gasteiger charge is 2.48. The molecule has 2 aliphatic heterocycles. The molecule has 2 aromatic carbocycles. The van der Waals surface area contributed by atoms with Crippen LogP contribution in [0.15, 0.2) is 53.1 Å². The lowest BCUT2D eigenvalue weighted by Gasteiger charge is -2.42. The summed E-state index contributed by atoms with van der Waals surface area (Å²) in [6.45, 7) is 13.0. The van der Waals surface area contributed by atoms with Crippen LogP contribution in [0.1, 0.15) is 79.5 Å². The molecular formula is C36H41N5O4. The number of carbonyl (C=O) groups is 2. The van der Waals surface area contributed by atoms with Crippen molar-refractivity contribution in [2.24, 2.45) is 0 Å². The molecule has 1 N–H and O–H groups in total. The Balaban J connectivity index is 1.15. The molecule has 234 valence electrons. The van der Waals surface area contributed by atoms with Gasteiger partial charge < -0.3 is 19.4 Å². The topological polar surface area (TPSA) is 101 Å². The number of ether oxygens (including phenoxy) is 1. The first-order valence-electron chi connectivity index (χ1n) is 15.9. The van der Waals surface area contributed by atoms with Gasteiger partial charge in [0.25, 0.3) is 5.91 Å². The van der Waals surface area contributed by atoms with Crippen LogP contribution in [0, 0.1) is 20.8 Å². The Bertz CT molecular complexity index is 1800. The summed E-state index contributed by atoms with van der Waals surface area (Å²) in [5, 5.41) is 4.47. The van der Waals surface area contributed by atoms with E-state index >= 15 is 0 Å². The number of hydrogen-bond donors (Lipinski definition) is 1. The van der Waals surface area contributed by atoms with Crippen LogP contribution in [0.25, 0.3) is 22.2 Å². The molecular weight excluding hydrogens is 566 g/mol. The van der Waals surface area contributed by atoms with Gasteiger partial charge in [0, 0.05) is 47.9 Å². The van der Waals surface area contributed by atoms with E-state index in [4.69, 9.17) is 14.1 Å². The maximum absolute atomic E-state index is 14.1. The van der Waals surface area contributed by atoms with Crippen LogP contribution >= 0.6 is 0 Å². The predicted molar refractivity (Wildman–Crippen MR) is 173 cm³/mol. The van der Waals surface area contributed by atoms with Crippen molar-refractivity contribution in [1.29, 1.82) is 0 Å². The SMILES string of the molecule is Cc1ccc2c(C3(NC(=O)c4cc(N5CC6CCC(C5)N6C(=O)OC(C)(C)C)ccc4C)CC3)cc(-c3coc(C)n3)cc2n1. The van der Waals surface area contributed by atoms with Crippen molar-refractivity contribution in [2.45, 2.75) is 90.4 Å². The number of oxazole rings is 1. The van der Waals surface area contributed by atoms with Crippen molar-refractivity contribution in [3.8, 4) is 11.3 Å². The number of hydrogen-bond acceptors (Lipinski definition) is 7. The maximum Gasteiger partial charge on any atom is 0.410 e. The zero-order chi connectivity index (χ0) is 31.7. The van der Waals surface area contributed by atoms with Crippen LogP contribution in [0.5, 0.6) is 0 Å². The number of carbonyl (C=O) groups excluding carboxylic acids is 2. The molecule has 2 saturated heterocycles. The number of aromatic nitrogens is 2. The van der Waals surface area contributed by atoms with Gasteiger partial charge in [-0.3, -0.25) is 14.7 Å². The highest BCUT2D eigenvalue weighted by atomic mass is 16.6. The first-order valence-corrected chi connectivity index (χ1v) is 15.9. The summed E-state index contributed by atoms with van der Waals surface area (Å²) in [7, 11) is 0. The van der Waals surface area contributed by atoms with Crippen molar-refractivity contribution in [3.63, 3.8) is 0 Å². The predicted octanol–water partition coefficient (Wildman–Crippen LogP) is 6.82. The lowest BCUT2D eigenvalue weighted by atomic mass is 9.94. The number of nitrogens with zero attached hydrogens (tertiary/aromatic N) is 4. The second-order valence-electron chi connectivity index (χ2n) is 14.0. The van der Waals surface area contributed by atoms with Crippen LogP contribution in [0.2, 0.25) is 0 Å². The summed E-state index contributed by atoms with van der Waals surface area (Å²) in [6.07, 6.45) is 5.04. The standard InChI is InChI=1S/C36H41N5O4/c1-21-7-9-25(40-18-26-10-11-27(19-40)41(26)34(43)45-35(4,5)6)17-29(21)33(42)39-36(13-14-36)30-15-24(32-20-44-23(3)38-32)16-31-28(30)12-8-22(2)37-31/h7-9,12,15-17,20,26-27H,10-11,13-14,18-19H2,1-6H3,(H,39,42). The van der Waals surface area contributed by atoms with Gasteiger partial charge in [-0.15, -0.1) is 0 Å². The third kappa shape index (κ3) is 5.53. The molecule has 1 saturated carbocycles. The molecule has 45 heavy (non-hydrogen) atoms. The number of anilines is 1. The second-order valence-corrected chi connectivity index (χ2v) is 14.0. The smallest absolute Gasteiger partial charge is 0.410 e. The Morgan fingerprint density at radius 2 is 1.71 bits per heavy atom. The summed E-state index contributed by atoms with van der Waals surface area (Å²) in [4.78, 5) is 40.7. The molecule has 0 radical (unpaired) electrons. The molecule has 9 nitrogen and oxygen atoms in total. The average molecular weight is 608 g/mol. The van der Waals surface area contributed by atoms with Crippen LogP contribution in [0.3, 0.4) is 0 Å². The number of benzene rings is 2. The molecule has 7 rings (SSSR count). The van der Waals surface area contributed by atoms with E-state index in [0.29, 0.717) is 11.5 Å². The van der Waals surface area contributed by atoms with Crippen LogP contribution in [-0.2, 0) is 10.3 Å². The van der Waals surface area contributed by atoms with Gasteiger partial charge in [0.05, 0.1) is 23.1 Å². The van der Waals surface area contributed by atoms with E-state index in [9.17, 15) is 9.59 Å². The van der Waals surface area contributed by atoms with Gasteiger partial charge in [0.1, 0.15) is 17.6 Å². The Morgan fingerprint density at radius 1 is 0.978 bits per heavy atom. The zero-order valence-electron chi connectivity index (χ0n) is 26.9. The quantitative estimate of drug-likeness (QED) is 0.266. The maximum atomic E-state index is 14.1. The fourth-order valence-corrected chi connectivity index (χ4v) is 7.03. The van der Waals surface area contributed by atoms with E-state index < -0.39 is 11.1 Å². The van der Waals surface area contributed by atoms with E-state index in [2.05, 4.69) is 33.4 Å². The third-order valence-electron chi connectivity index (χ3n) is 9.40. The first kappa shape index (κ1) is 29.3. The van der Waals surface area contributed by atoms with Crippen LogP contribution < -0.4 is 10.2 Å². The molecule has 0 spiro atoms. The van der Waals surface area contributed by atoms with Gasteiger partial charge in [0.2, 0.25) is 0 Å². The number of fused-ring (bicyclic) bond motifs is 3. The van der Waals surface area contributed by atoms with Crippen molar-refractivity contribution < 1.29 is 18.7 Å².